The van der Waals surface area contributed by atoms with E-state index < -0.39 is 11.9 Å². The number of rotatable bonds is 6. The van der Waals surface area contributed by atoms with E-state index in [-0.39, 0.29) is 6.04 Å². The largest absolute Gasteiger partial charge is 0.478 e. The minimum Gasteiger partial charge on any atom is -0.478 e. The number of amides is 1. The van der Waals surface area contributed by atoms with E-state index in [4.69, 9.17) is 9.84 Å². The Morgan fingerprint density at radius 2 is 2.14 bits per heavy atom. The summed E-state index contributed by atoms with van der Waals surface area (Å²) in [5.74, 6) is -1.57. The van der Waals surface area contributed by atoms with E-state index in [1.165, 1.54) is 0 Å². The summed E-state index contributed by atoms with van der Waals surface area (Å²) in [4.78, 5) is 21.1. The Hall–Kier alpha value is -1.36. The van der Waals surface area contributed by atoms with Gasteiger partial charge < -0.3 is 15.2 Å². The number of ether oxygens (including phenoxy) is 1. The van der Waals surface area contributed by atoms with Gasteiger partial charge in [0.15, 0.2) is 0 Å². The van der Waals surface area contributed by atoms with Crippen LogP contribution in [0.2, 0.25) is 0 Å². The summed E-state index contributed by atoms with van der Waals surface area (Å²) in [5, 5.41) is 10.8. The van der Waals surface area contributed by atoms with Gasteiger partial charge in [-0.25, -0.2) is 4.79 Å². The van der Waals surface area contributed by atoms with Gasteiger partial charge >= 0.3 is 5.97 Å². The lowest BCUT2D eigenvalue weighted by molar-refractivity contribution is -0.131. The van der Waals surface area contributed by atoms with Crippen molar-refractivity contribution in [3.8, 4) is 0 Å². The topological polar surface area (TPSA) is 75.6 Å². The maximum atomic E-state index is 11.0. The molecule has 0 heterocycles. The van der Waals surface area contributed by atoms with Gasteiger partial charge in [-0.3, -0.25) is 4.79 Å². The Kier molecular flexibility index (Phi) is 6.39. The lowest BCUT2D eigenvalue weighted by atomic mass is 10.3. The van der Waals surface area contributed by atoms with Crippen molar-refractivity contribution in [2.24, 2.45) is 0 Å². The van der Waals surface area contributed by atoms with Gasteiger partial charge in [0.05, 0.1) is 6.61 Å². The number of carboxylic acids is 1. The summed E-state index contributed by atoms with van der Waals surface area (Å²) in [7, 11) is 0. The van der Waals surface area contributed by atoms with Crippen LogP contribution in [-0.2, 0) is 14.3 Å². The Morgan fingerprint density at radius 3 is 2.64 bits per heavy atom. The molecule has 0 aliphatic heterocycles. The van der Waals surface area contributed by atoms with E-state index in [1.807, 2.05) is 6.92 Å². The van der Waals surface area contributed by atoms with E-state index >= 15 is 0 Å². The van der Waals surface area contributed by atoms with Crippen molar-refractivity contribution in [2.75, 3.05) is 13.2 Å². The standard InChI is InChI=1S/C9H15NO4/c1-3-14-6-7(2)10-8(11)4-5-9(12)13/h4-5,7H,3,6H2,1-2H3,(H,10,11)(H,12,13). The number of nitrogens with one attached hydrogen (secondary N) is 1. The average molecular weight is 201 g/mol. The molecule has 0 aromatic rings. The molecule has 14 heavy (non-hydrogen) atoms. The first-order valence-electron chi connectivity index (χ1n) is 4.35. The van der Waals surface area contributed by atoms with Crippen LogP contribution in [0.3, 0.4) is 0 Å². The number of carboxylic acid groups (broad SMARTS) is 1. The van der Waals surface area contributed by atoms with Crippen LogP contribution in [0.5, 0.6) is 0 Å². The SMILES string of the molecule is CCOCC(C)NC(=O)C=CC(=O)O. The van der Waals surface area contributed by atoms with Crippen molar-refractivity contribution >= 4 is 11.9 Å². The van der Waals surface area contributed by atoms with E-state index in [0.29, 0.717) is 13.2 Å². The number of carbonyl (C=O) groups is 2. The van der Waals surface area contributed by atoms with Gasteiger partial charge in [-0.1, -0.05) is 0 Å². The molecule has 80 valence electrons. The van der Waals surface area contributed by atoms with Crippen LogP contribution in [0.4, 0.5) is 0 Å². The van der Waals surface area contributed by atoms with Gasteiger partial charge in [-0.15, -0.1) is 0 Å². The fraction of sp³-hybridized carbons (Fsp3) is 0.556. The van der Waals surface area contributed by atoms with E-state index in [9.17, 15) is 9.59 Å². The van der Waals surface area contributed by atoms with Gasteiger partial charge in [-0.05, 0) is 13.8 Å². The molecule has 2 N–H and O–H groups in total. The van der Waals surface area contributed by atoms with Crippen molar-refractivity contribution < 1.29 is 19.4 Å². The normalized spacial score (nSPS) is 12.7. The molecule has 1 unspecified atom stereocenters. The van der Waals surface area contributed by atoms with Gasteiger partial charge in [0, 0.05) is 24.8 Å². The van der Waals surface area contributed by atoms with Crippen LogP contribution in [0.25, 0.3) is 0 Å². The fourth-order valence-electron chi connectivity index (χ4n) is 0.774. The summed E-state index contributed by atoms with van der Waals surface area (Å²) in [6.45, 7) is 4.65. The summed E-state index contributed by atoms with van der Waals surface area (Å²) in [6, 6.07) is -0.124. The summed E-state index contributed by atoms with van der Waals surface area (Å²) >= 11 is 0. The molecule has 0 saturated heterocycles. The molecule has 0 aromatic heterocycles. The first-order valence-corrected chi connectivity index (χ1v) is 4.35. The molecule has 0 aliphatic rings. The zero-order chi connectivity index (χ0) is 11.0. The lowest BCUT2D eigenvalue weighted by Gasteiger charge is -2.11. The van der Waals surface area contributed by atoms with Gasteiger partial charge in [-0.2, -0.15) is 0 Å². The lowest BCUT2D eigenvalue weighted by Crippen LogP contribution is -2.34. The Balaban J connectivity index is 3.76. The molecule has 0 aromatic carbocycles. The molecule has 1 atom stereocenters. The number of hydrogen-bond acceptors (Lipinski definition) is 3. The van der Waals surface area contributed by atoms with Crippen molar-refractivity contribution in [2.45, 2.75) is 19.9 Å². The Bertz CT molecular complexity index is 225. The molecule has 0 bridgehead atoms. The molecule has 0 rings (SSSR count). The first kappa shape index (κ1) is 12.6. The van der Waals surface area contributed by atoms with Crippen LogP contribution >= 0.6 is 0 Å². The minimum absolute atomic E-state index is 0.124. The second-order valence-corrected chi connectivity index (χ2v) is 2.74. The Labute approximate surface area is 82.7 Å². The molecule has 0 aliphatic carbocycles. The molecule has 0 radical (unpaired) electrons. The molecule has 0 fully saturated rings. The third kappa shape index (κ3) is 7.30. The minimum atomic E-state index is -1.14. The predicted octanol–water partition coefficient (Wildman–Crippen LogP) is 0.168. The summed E-state index contributed by atoms with van der Waals surface area (Å²) in [5.41, 5.74) is 0. The van der Waals surface area contributed by atoms with Crippen molar-refractivity contribution in [3.63, 3.8) is 0 Å². The molecular formula is C9H15NO4. The quantitative estimate of drug-likeness (QED) is 0.600. The molecule has 1 amide bonds. The highest BCUT2D eigenvalue weighted by Crippen LogP contribution is 1.85. The third-order valence-corrected chi connectivity index (χ3v) is 1.34. The first-order chi connectivity index (χ1) is 6.56. The second kappa shape index (κ2) is 7.08. The molecular weight excluding hydrogens is 186 g/mol. The summed E-state index contributed by atoms with van der Waals surface area (Å²) in [6.07, 6.45) is 1.77. The number of carbonyl (C=O) groups excluding carboxylic acids is 1. The van der Waals surface area contributed by atoms with E-state index in [2.05, 4.69) is 5.32 Å². The van der Waals surface area contributed by atoms with E-state index in [0.717, 1.165) is 12.2 Å². The number of hydrogen-bond donors (Lipinski definition) is 2. The number of aliphatic carboxylic acids is 1. The van der Waals surface area contributed by atoms with Crippen LogP contribution < -0.4 is 5.32 Å². The average Bonchev–Trinajstić information content (AvgIpc) is 2.11. The van der Waals surface area contributed by atoms with Crippen LogP contribution in [0.15, 0.2) is 12.2 Å². The highest BCUT2D eigenvalue weighted by atomic mass is 16.5. The monoisotopic (exact) mass is 201 g/mol. The van der Waals surface area contributed by atoms with Crippen molar-refractivity contribution in [3.05, 3.63) is 12.2 Å². The van der Waals surface area contributed by atoms with Crippen LogP contribution in [0, 0.1) is 0 Å². The van der Waals surface area contributed by atoms with Gasteiger partial charge in [0.25, 0.3) is 0 Å². The fourth-order valence-corrected chi connectivity index (χ4v) is 0.774. The molecule has 0 spiro atoms. The molecule has 0 saturated carbocycles. The smallest absolute Gasteiger partial charge is 0.328 e. The molecule has 5 nitrogen and oxygen atoms in total. The molecule has 5 heteroatoms. The second-order valence-electron chi connectivity index (χ2n) is 2.74. The van der Waals surface area contributed by atoms with Gasteiger partial charge in [0.2, 0.25) is 5.91 Å². The van der Waals surface area contributed by atoms with Crippen LogP contribution in [0.1, 0.15) is 13.8 Å². The van der Waals surface area contributed by atoms with Gasteiger partial charge in [0.1, 0.15) is 0 Å². The highest BCUT2D eigenvalue weighted by Gasteiger charge is 2.04. The third-order valence-electron chi connectivity index (χ3n) is 1.34. The maximum absolute atomic E-state index is 11.0. The van der Waals surface area contributed by atoms with Crippen molar-refractivity contribution in [1.29, 1.82) is 0 Å². The van der Waals surface area contributed by atoms with Crippen LogP contribution in [-0.4, -0.2) is 36.2 Å². The maximum Gasteiger partial charge on any atom is 0.328 e. The Morgan fingerprint density at radius 1 is 1.50 bits per heavy atom. The van der Waals surface area contributed by atoms with E-state index in [1.54, 1.807) is 6.92 Å². The highest BCUT2D eigenvalue weighted by molar-refractivity contribution is 5.93. The zero-order valence-electron chi connectivity index (χ0n) is 8.32. The van der Waals surface area contributed by atoms with Crippen molar-refractivity contribution in [1.82, 2.24) is 5.32 Å². The summed E-state index contributed by atoms with van der Waals surface area (Å²) < 4.78 is 5.07. The predicted molar refractivity (Wildman–Crippen MR) is 50.9 cm³/mol. The zero-order valence-corrected chi connectivity index (χ0v) is 8.32.